The normalized spacial score (nSPS) is 14.8. The Morgan fingerprint density at radius 3 is 2.34 bits per heavy atom. The summed E-state index contributed by atoms with van der Waals surface area (Å²) in [5, 5.41) is 2.41. The van der Waals surface area contributed by atoms with E-state index in [4.69, 9.17) is 4.74 Å². The molecule has 1 aromatic rings. The van der Waals surface area contributed by atoms with Crippen LogP contribution in [-0.4, -0.2) is 59.5 Å². The van der Waals surface area contributed by atoms with Gasteiger partial charge in [-0.1, -0.05) is 44.7 Å². The fourth-order valence-corrected chi connectivity index (χ4v) is 3.34. The average Bonchev–Trinajstić information content (AvgIpc) is 2.79. The minimum atomic E-state index is -1.14. The van der Waals surface area contributed by atoms with Crippen LogP contribution in [0, 0.1) is 0 Å². The molecule has 0 aromatic heterocycles. The molecule has 1 fully saturated rings. The number of urea groups is 1. The van der Waals surface area contributed by atoms with Gasteiger partial charge in [0.2, 0.25) is 6.29 Å². The third kappa shape index (κ3) is 6.90. The molecule has 1 saturated heterocycles. The van der Waals surface area contributed by atoms with E-state index in [1.54, 1.807) is 13.2 Å². The Kier molecular flexibility index (Phi) is 9.84. The van der Waals surface area contributed by atoms with Gasteiger partial charge in [-0.3, -0.25) is 24.1 Å². The first-order chi connectivity index (χ1) is 15.4. The van der Waals surface area contributed by atoms with Crippen LogP contribution in [0.5, 0.6) is 5.75 Å². The average molecular weight is 445 g/mol. The molecule has 32 heavy (non-hydrogen) atoms. The largest absolute Gasteiger partial charge is 0.427 e. The summed E-state index contributed by atoms with van der Waals surface area (Å²) in [6.07, 6.45) is 7.21. The van der Waals surface area contributed by atoms with Gasteiger partial charge in [-0.15, -0.1) is 0 Å². The lowest BCUT2D eigenvalue weighted by molar-refractivity contribution is -0.153. The molecule has 4 amide bonds. The Bertz CT molecular complexity index is 824. The molecule has 2 rings (SSSR count). The van der Waals surface area contributed by atoms with Crippen molar-refractivity contribution in [2.75, 3.05) is 19.6 Å². The van der Waals surface area contributed by atoms with Crippen molar-refractivity contribution in [3.63, 3.8) is 0 Å². The summed E-state index contributed by atoms with van der Waals surface area (Å²) in [6.45, 7) is 4.53. The number of nitrogens with one attached hydrogen (secondary N) is 1. The van der Waals surface area contributed by atoms with Crippen LogP contribution >= 0.6 is 0 Å². The number of ether oxygens (including phenoxy) is 1. The van der Waals surface area contributed by atoms with Gasteiger partial charge in [-0.05, 0) is 31.0 Å². The zero-order valence-corrected chi connectivity index (χ0v) is 18.6. The number of benzene rings is 1. The van der Waals surface area contributed by atoms with Crippen LogP contribution in [0.15, 0.2) is 24.3 Å². The summed E-state index contributed by atoms with van der Waals surface area (Å²) in [5.41, 5.74) is 0.402. The lowest BCUT2D eigenvalue weighted by Gasteiger charge is -2.32. The highest BCUT2D eigenvalue weighted by atomic mass is 16.5. The van der Waals surface area contributed by atoms with E-state index >= 15 is 0 Å². The second kappa shape index (κ2) is 12.6. The molecule has 1 aliphatic rings. The van der Waals surface area contributed by atoms with E-state index in [-0.39, 0.29) is 19.1 Å². The Morgan fingerprint density at radius 1 is 1.03 bits per heavy atom. The van der Waals surface area contributed by atoms with Crippen molar-refractivity contribution in [2.24, 2.45) is 0 Å². The van der Waals surface area contributed by atoms with Crippen LogP contribution in [0.3, 0.4) is 0 Å². The van der Waals surface area contributed by atoms with Crippen LogP contribution in [0.25, 0.3) is 0 Å². The first-order valence-corrected chi connectivity index (χ1v) is 11.0. The number of piperazine rings is 1. The zero-order valence-electron chi connectivity index (χ0n) is 18.6. The fraction of sp³-hybridized carbons (Fsp3) is 0.522. The van der Waals surface area contributed by atoms with Gasteiger partial charge in [0, 0.05) is 26.1 Å². The number of esters is 1. The number of unbranched alkanes of at least 4 members (excludes halogenated alkanes) is 4. The molecule has 1 N–H and O–H groups in total. The van der Waals surface area contributed by atoms with E-state index in [2.05, 4.69) is 12.2 Å². The van der Waals surface area contributed by atoms with E-state index in [1.165, 1.54) is 29.2 Å². The van der Waals surface area contributed by atoms with Gasteiger partial charge in [0.15, 0.2) is 0 Å². The molecule has 0 spiro atoms. The molecule has 1 radical (unpaired) electrons. The highest BCUT2D eigenvalue weighted by molar-refractivity contribution is 6.38. The van der Waals surface area contributed by atoms with Crippen LogP contribution in [0.1, 0.15) is 64.0 Å². The predicted octanol–water partition coefficient (Wildman–Crippen LogP) is 2.50. The number of nitrogens with zero attached hydrogens (tertiary/aromatic N) is 2. The lowest BCUT2D eigenvalue weighted by atomic mass is 10.1. The molecular formula is C23H30N3O6. The highest BCUT2D eigenvalue weighted by Crippen LogP contribution is 2.18. The van der Waals surface area contributed by atoms with Gasteiger partial charge in [0.1, 0.15) is 11.8 Å². The van der Waals surface area contributed by atoms with Crippen LogP contribution in [-0.2, 0) is 19.2 Å². The molecule has 1 atom stereocenters. The number of hydrogen-bond donors (Lipinski definition) is 1. The highest BCUT2D eigenvalue weighted by Gasteiger charge is 2.36. The SMILES string of the molecule is CCCCCCCC(=O)Oc1ccc(C([C]=O)NC(=O)N2CCN(CC)C(=O)C2=O)cc1. The predicted molar refractivity (Wildman–Crippen MR) is 116 cm³/mol. The lowest BCUT2D eigenvalue weighted by Crippen LogP contribution is -2.58. The van der Waals surface area contributed by atoms with Gasteiger partial charge < -0.3 is 15.0 Å². The first-order valence-electron chi connectivity index (χ1n) is 11.0. The molecule has 9 heteroatoms. The maximum absolute atomic E-state index is 12.4. The topological polar surface area (TPSA) is 113 Å². The number of hydrogen-bond acceptors (Lipinski definition) is 6. The Labute approximate surface area is 188 Å². The van der Waals surface area contributed by atoms with Crippen molar-refractivity contribution >= 4 is 30.1 Å². The van der Waals surface area contributed by atoms with Crippen LogP contribution < -0.4 is 10.1 Å². The minimum absolute atomic E-state index is 0.0448. The number of imide groups is 1. The Hall–Kier alpha value is -3.23. The maximum atomic E-state index is 12.4. The zero-order chi connectivity index (χ0) is 23.5. The van der Waals surface area contributed by atoms with Gasteiger partial charge in [0.25, 0.3) is 0 Å². The molecule has 0 aliphatic carbocycles. The molecule has 1 aliphatic heterocycles. The summed E-state index contributed by atoms with van der Waals surface area (Å²) in [6, 6.07) is 4.12. The molecule has 9 nitrogen and oxygen atoms in total. The smallest absolute Gasteiger partial charge is 0.325 e. The van der Waals surface area contributed by atoms with Crippen LogP contribution in [0.4, 0.5) is 4.79 Å². The number of likely N-dealkylation sites (N-methyl/N-ethyl adjacent to an activating group) is 1. The molecule has 1 aromatic carbocycles. The van der Waals surface area contributed by atoms with E-state index < -0.39 is 23.9 Å². The van der Waals surface area contributed by atoms with Gasteiger partial charge in [-0.2, -0.15) is 0 Å². The first kappa shape index (κ1) is 25.0. The summed E-state index contributed by atoms with van der Waals surface area (Å²) in [7, 11) is 0. The number of rotatable bonds is 11. The summed E-state index contributed by atoms with van der Waals surface area (Å²) >= 11 is 0. The molecule has 0 bridgehead atoms. The summed E-state index contributed by atoms with van der Waals surface area (Å²) in [5.74, 6) is -1.68. The summed E-state index contributed by atoms with van der Waals surface area (Å²) < 4.78 is 5.29. The fourth-order valence-electron chi connectivity index (χ4n) is 3.34. The molecule has 173 valence electrons. The van der Waals surface area contributed by atoms with E-state index in [0.29, 0.717) is 24.3 Å². The molecule has 1 unspecified atom stereocenters. The number of carbonyl (C=O) groups is 4. The van der Waals surface area contributed by atoms with Gasteiger partial charge >= 0.3 is 23.8 Å². The molecule has 0 saturated carbocycles. The molecular weight excluding hydrogens is 414 g/mol. The number of carbonyl (C=O) groups excluding carboxylic acids is 5. The quantitative estimate of drug-likeness (QED) is 0.243. The van der Waals surface area contributed by atoms with E-state index in [1.807, 2.05) is 0 Å². The third-order valence-electron chi connectivity index (χ3n) is 5.25. The minimum Gasteiger partial charge on any atom is -0.427 e. The van der Waals surface area contributed by atoms with E-state index in [0.717, 1.165) is 37.0 Å². The van der Waals surface area contributed by atoms with Crippen molar-refractivity contribution in [1.82, 2.24) is 15.1 Å². The van der Waals surface area contributed by atoms with Crippen molar-refractivity contribution in [3.8, 4) is 5.75 Å². The van der Waals surface area contributed by atoms with Gasteiger partial charge in [-0.25, -0.2) is 4.79 Å². The third-order valence-corrected chi connectivity index (χ3v) is 5.25. The standard InChI is InChI=1S/C23H30N3O6/c1-3-5-6-7-8-9-20(28)32-18-12-10-17(11-13-18)19(16-27)24-23(31)26-15-14-25(4-2)21(29)22(26)30/h10-13,19H,3-9,14-15H2,1-2H3,(H,24,31). The summed E-state index contributed by atoms with van der Waals surface area (Å²) in [4.78, 5) is 62.0. The second-order valence-corrected chi connectivity index (χ2v) is 7.55. The van der Waals surface area contributed by atoms with Crippen molar-refractivity contribution in [2.45, 2.75) is 58.4 Å². The van der Waals surface area contributed by atoms with Crippen LogP contribution in [0.2, 0.25) is 0 Å². The van der Waals surface area contributed by atoms with Crippen molar-refractivity contribution in [1.29, 1.82) is 0 Å². The maximum Gasteiger partial charge on any atom is 0.325 e. The molecule has 1 heterocycles. The van der Waals surface area contributed by atoms with E-state index in [9.17, 15) is 24.0 Å². The Balaban J connectivity index is 1.89. The Morgan fingerprint density at radius 2 is 1.72 bits per heavy atom. The number of amides is 4. The monoisotopic (exact) mass is 444 g/mol. The van der Waals surface area contributed by atoms with Crippen molar-refractivity contribution in [3.05, 3.63) is 29.8 Å². The second-order valence-electron chi connectivity index (χ2n) is 7.55. The van der Waals surface area contributed by atoms with Crippen molar-refractivity contribution < 1.29 is 28.7 Å². The van der Waals surface area contributed by atoms with Gasteiger partial charge in [0.05, 0.1) is 0 Å².